The molecule has 21 heavy (non-hydrogen) atoms. The van der Waals surface area contributed by atoms with E-state index < -0.39 is 5.95 Å². The summed E-state index contributed by atoms with van der Waals surface area (Å²) in [7, 11) is 1.67. The van der Waals surface area contributed by atoms with Crippen molar-refractivity contribution in [1.29, 1.82) is 0 Å². The molecular weight excluding hydrogens is 271 g/mol. The molecule has 4 nitrogen and oxygen atoms in total. The maximum atomic E-state index is 12.7. The van der Waals surface area contributed by atoms with Crippen molar-refractivity contribution in [3.8, 4) is 5.75 Å². The number of aryl methyl sites for hydroxylation is 1. The molecule has 0 bridgehead atoms. The Morgan fingerprint density at radius 2 is 1.95 bits per heavy atom. The van der Waals surface area contributed by atoms with Crippen LogP contribution in [0.25, 0.3) is 0 Å². The lowest BCUT2D eigenvalue weighted by Gasteiger charge is -2.17. The number of likely N-dealkylation sites (N-methyl/N-ethyl adjacent to an activating group) is 1. The largest absolute Gasteiger partial charge is 0.492 e. The second-order valence-electron chi connectivity index (χ2n) is 4.76. The SMILES string of the molecule is Cc1ccc(OCCN(C)C(=O)c2ccc(F)nc2)cc1. The summed E-state index contributed by atoms with van der Waals surface area (Å²) in [4.78, 5) is 17.0. The third-order valence-electron chi connectivity index (χ3n) is 3.04. The lowest BCUT2D eigenvalue weighted by molar-refractivity contribution is 0.0773. The molecule has 0 unspecified atom stereocenters. The molecule has 2 rings (SSSR count). The molecule has 0 radical (unpaired) electrons. The molecule has 1 amide bonds. The van der Waals surface area contributed by atoms with Gasteiger partial charge in [0.05, 0.1) is 12.1 Å². The van der Waals surface area contributed by atoms with Crippen molar-refractivity contribution in [3.05, 3.63) is 59.7 Å². The Morgan fingerprint density at radius 1 is 1.24 bits per heavy atom. The van der Waals surface area contributed by atoms with Gasteiger partial charge < -0.3 is 9.64 Å². The first-order valence-electron chi connectivity index (χ1n) is 6.63. The van der Waals surface area contributed by atoms with Gasteiger partial charge in [0.15, 0.2) is 0 Å². The summed E-state index contributed by atoms with van der Waals surface area (Å²) in [6.07, 6.45) is 1.23. The minimum Gasteiger partial charge on any atom is -0.492 e. The van der Waals surface area contributed by atoms with Crippen LogP contribution in [-0.4, -0.2) is 36.0 Å². The molecule has 0 aliphatic heterocycles. The molecule has 0 atom stereocenters. The zero-order valence-corrected chi connectivity index (χ0v) is 12.0. The first-order chi connectivity index (χ1) is 10.1. The molecule has 1 heterocycles. The van der Waals surface area contributed by atoms with Crippen LogP contribution in [0.5, 0.6) is 5.75 Å². The number of carbonyl (C=O) groups excluding carboxylic acids is 1. The van der Waals surface area contributed by atoms with Crippen molar-refractivity contribution in [3.63, 3.8) is 0 Å². The highest BCUT2D eigenvalue weighted by Gasteiger charge is 2.12. The van der Waals surface area contributed by atoms with Gasteiger partial charge in [0.1, 0.15) is 12.4 Å². The molecule has 5 heteroatoms. The Hall–Kier alpha value is -2.43. The van der Waals surface area contributed by atoms with Crippen LogP contribution in [0.1, 0.15) is 15.9 Å². The number of halogens is 1. The van der Waals surface area contributed by atoms with Crippen LogP contribution < -0.4 is 4.74 Å². The Kier molecular flexibility index (Phi) is 4.87. The van der Waals surface area contributed by atoms with Crippen molar-refractivity contribution in [2.45, 2.75) is 6.92 Å². The Balaban J connectivity index is 1.83. The predicted octanol–water partition coefficient (Wildman–Crippen LogP) is 2.68. The van der Waals surface area contributed by atoms with Gasteiger partial charge in [-0.1, -0.05) is 17.7 Å². The second kappa shape index (κ2) is 6.83. The summed E-state index contributed by atoms with van der Waals surface area (Å²) in [5, 5.41) is 0. The summed E-state index contributed by atoms with van der Waals surface area (Å²) in [5.74, 6) is -0.0446. The first-order valence-corrected chi connectivity index (χ1v) is 6.63. The maximum Gasteiger partial charge on any atom is 0.255 e. The van der Waals surface area contributed by atoms with E-state index in [-0.39, 0.29) is 5.91 Å². The number of nitrogens with zero attached hydrogens (tertiary/aromatic N) is 2. The topological polar surface area (TPSA) is 42.4 Å². The highest BCUT2D eigenvalue weighted by molar-refractivity contribution is 5.93. The first kappa shape index (κ1) is 15.0. The number of benzene rings is 1. The summed E-state index contributed by atoms with van der Waals surface area (Å²) in [6, 6.07) is 10.3. The smallest absolute Gasteiger partial charge is 0.255 e. The number of hydrogen-bond donors (Lipinski definition) is 0. The van der Waals surface area contributed by atoms with E-state index in [0.717, 1.165) is 5.75 Å². The summed E-state index contributed by atoms with van der Waals surface area (Å²) in [6.45, 7) is 2.83. The molecule has 0 N–H and O–H groups in total. The van der Waals surface area contributed by atoms with Crippen molar-refractivity contribution < 1.29 is 13.9 Å². The van der Waals surface area contributed by atoms with Gasteiger partial charge in [-0.2, -0.15) is 4.39 Å². The van der Waals surface area contributed by atoms with Crippen LogP contribution in [0.3, 0.4) is 0 Å². The van der Waals surface area contributed by atoms with E-state index in [1.165, 1.54) is 28.8 Å². The molecule has 0 aliphatic rings. The Bertz CT molecular complexity index is 597. The summed E-state index contributed by atoms with van der Waals surface area (Å²) < 4.78 is 18.3. The van der Waals surface area contributed by atoms with Crippen molar-refractivity contribution in [2.75, 3.05) is 20.2 Å². The zero-order valence-electron chi connectivity index (χ0n) is 12.0. The van der Waals surface area contributed by atoms with E-state index in [1.54, 1.807) is 7.05 Å². The predicted molar refractivity (Wildman–Crippen MR) is 77.8 cm³/mol. The molecule has 0 saturated heterocycles. The highest BCUT2D eigenvalue weighted by Crippen LogP contribution is 2.11. The fourth-order valence-corrected chi connectivity index (χ4v) is 1.76. The normalized spacial score (nSPS) is 10.2. The lowest BCUT2D eigenvalue weighted by atomic mass is 10.2. The van der Waals surface area contributed by atoms with Gasteiger partial charge in [-0.05, 0) is 31.2 Å². The van der Waals surface area contributed by atoms with Crippen LogP contribution >= 0.6 is 0 Å². The number of amides is 1. The molecule has 1 aromatic carbocycles. The standard InChI is InChI=1S/C16H17FN2O2/c1-12-3-6-14(7-4-12)21-10-9-19(2)16(20)13-5-8-15(17)18-11-13/h3-8,11H,9-10H2,1-2H3. The van der Waals surface area contributed by atoms with Gasteiger partial charge in [0.25, 0.3) is 5.91 Å². The van der Waals surface area contributed by atoms with Gasteiger partial charge >= 0.3 is 0 Å². The zero-order chi connectivity index (χ0) is 15.2. The van der Waals surface area contributed by atoms with Crippen LogP contribution in [0.2, 0.25) is 0 Å². The molecule has 110 valence electrons. The monoisotopic (exact) mass is 288 g/mol. The third-order valence-corrected chi connectivity index (χ3v) is 3.04. The molecule has 0 saturated carbocycles. The van der Waals surface area contributed by atoms with Gasteiger partial charge in [-0.25, -0.2) is 4.98 Å². The molecule has 0 aliphatic carbocycles. The summed E-state index contributed by atoms with van der Waals surface area (Å²) in [5.41, 5.74) is 1.52. The Labute approximate surface area is 123 Å². The van der Waals surface area contributed by atoms with Crippen LogP contribution in [0, 0.1) is 12.9 Å². The highest BCUT2D eigenvalue weighted by atomic mass is 19.1. The van der Waals surface area contributed by atoms with E-state index in [4.69, 9.17) is 4.74 Å². The average molecular weight is 288 g/mol. The summed E-state index contributed by atoms with van der Waals surface area (Å²) >= 11 is 0. The molecule has 1 aromatic heterocycles. The number of hydrogen-bond acceptors (Lipinski definition) is 3. The van der Waals surface area contributed by atoms with E-state index in [2.05, 4.69) is 4.98 Å². The third kappa shape index (κ3) is 4.27. The Morgan fingerprint density at radius 3 is 2.57 bits per heavy atom. The molecule has 0 spiro atoms. The van der Waals surface area contributed by atoms with Crippen LogP contribution in [-0.2, 0) is 0 Å². The molecule has 0 fully saturated rings. The number of rotatable bonds is 5. The number of aromatic nitrogens is 1. The van der Waals surface area contributed by atoms with E-state index in [1.807, 2.05) is 31.2 Å². The molecular formula is C16H17FN2O2. The molecule has 2 aromatic rings. The second-order valence-corrected chi connectivity index (χ2v) is 4.76. The van der Waals surface area contributed by atoms with Gasteiger partial charge in [0, 0.05) is 13.2 Å². The number of carbonyl (C=O) groups is 1. The fraction of sp³-hybridized carbons (Fsp3) is 0.250. The number of ether oxygens (including phenoxy) is 1. The van der Waals surface area contributed by atoms with Gasteiger partial charge in [-0.3, -0.25) is 4.79 Å². The van der Waals surface area contributed by atoms with Gasteiger partial charge in [0.2, 0.25) is 5.95 Å². The van der Waals surface area contributed by atoms with Crippen molar-refractivity contribution in [2.24, 2.45) is 0 Å². The van der Waals surface area contributed by atoms with Gasteiger partial charge in [-0.15, -0.1) is 0 Å². The van der Waals surface area contributed by atoms with E-state index in [0.29, 0.717) is 18.7 Å². The lowest BCUT2D eigenvalue weighted by Crippen LogP contribution is -2.31. The minimum atomic E-state index is -0.600. The fourth-order valence-electron chi connectivity index (χ4n) is 1.76. The van der Waals surface area contributed by atoms with Crippen LogP contribution in [0.4, 0.5) is 4.39 Å². The quantitative estimate of drug-likeness (QED) is 0.794. The minimum absolute atomic E-state index is 0.213. The maximum absolute atomic E-state index is 12.7. The van der Waals surface area contributed by atoms with Crippen LogP contribution in [0.15, 0.2) is 42.6 Å². The van der Waals surface area contributed by atoms with Crippen molar-refractivity contribution in [1.82, 2.24) is 9.88 Å². The van der Waals surface area contributed by atoms with Crippen molar-refractivity contribution >= 4 is 5.91 Å². The number of pyridine rings is 1. The van der Waals surface area contributed by atoms with E-state index >= 15 is 0 Å². The van der Waals surface area contributed by atoms with E-state index in [9.17, 15) is 9.18 Å². The average Bonchev–Trinajstić information content (AvgIpc) is 2.49.